The number of alkyl halides is 3. The number of benzene rings is 1. The number of nitrogens with one attached hydrogen (secondary N) is 2. The highest BCUT2D eigenvalue weighted by Crippen LogP contribution is 2.46. The van der Waals surface area contributed by atoms with Crippen LogP contribution in [-0.4, -0.2) is 22.0 Å². The smallest absolute Gasteiger partial charge is 0.308 e. The molecule has 2 amide bonds. The van der Waals surface area contributed by atoms with E-state index in [0.717, 1.165) is 11.1 Å². The van der Waals surface area contributed by atoms with Gasteiger partial charge in [-0.3, -0.25) is 5.32 Å². The average molecular weight is 370 g/mol. The molecule has 5 nitrogen and oxygen atoms in total. The topological polar surface area (TPSA) is 59.0 Å². The Hall–Kier alpha value is -2.58. The molecule has 1 saturated carbocycles. The second-order valence-electron chi connectivity index (χ2n) is 6.59. The summed E-state index contributed by atoms with van der Waals surface area (Å²) >= 11 is 0. The fraction of sp³-hybridized carbons (Fsp3) is 0.412. The zero-order valence-electron chi connectivity index (χ0n) is 14.2. The predicted molar refractivity (Wildman–Crippen MR) is 88.6 cm³/mol. The van der Waals surface area contributed by atoms with Gasteiger partial charge in [0.15, 0.2) is 0 Å². The normalized spacial score (nSPS) is 19.3. The minimum atomic E-state index is -4.46. The summed E-state index contributed by atoms with van der Waals surface area (Å²) < 4.78 is 52.3. The van der Waals surface area contributed by atoms with E-state index in [4.69, 9.17) is 0 Å². The van der Waals surface area contributed by atoms with Crippen LogP contribution in [0.15, 0.2) is 24.3 Å². The monoisotopic (exact) mass is 370 g/mol. The first-order valence-electron chi connectivity index (χ1n) is 8.11. The number of aromatic nitrogens is 2. The van der Waals surface area contributed by atoms with Crippen molar-refractivity contribution < 1.29 is 22.4 Å². The number of nitrogens with zero attached hydrogens (tertiary/aromatic N) is 2. The Morgan fingerprint density at radius 1 is 1.31 bits per heavy atom. The fourth-order valence-corrected chi connectivity index (χ4v) is 2.74. The van der Waals surface area contributed by atoms with E-state index in [-0.39, 0.29) is 11.7 Å². The predicted octanol–water partition coefficient (Wildman–Crippen LogP) is 4.66. The van der Waals surface area contributed by atoms with Gasteiger partial charge in [0.05, 0.1) is 5.69 Å². The zero-order valence-corrected chi connectivity index (χ0v) is 14.2. The number of hydrogen-bond acceptors (Lipinski definition) is 2. The summed E-state index contributed by atoms with van der Waals surface area (Å²) in [4.78, 5) is 12.1. The van der Waals surface area contributed by atoms with Crippen LogP contribution in [0.4, 0.5) is 33.9 Å². The molecule has 0 radical (unpaired) electrons. The van der Waals surface area contributed by atoms with E-state index in [9.17, 15) is 22.4 Å². The molecule has 1 heterocycles. The van der Waals surface area contributed by atoms with Crippen molar-refractivity contribution in [1.82, 2.24) is 9.78 Å². The molecule has 2 aromatic rings. The first kappa shape index (κ1) is 18.2. The molecule has 1 aromatic carbocycles. The van der Waals surface area contributed by atoms with Crippen LogP contribution in [0.5, 0.6) is 0 Å². The third-order valence-corrected chi connectivity index (χ3v) is 4.27. The van der Waals surface area contributed by atoms with Gasteiger partial charge in [-0.25, -0.2) is 13.9 Å². The molecular formula is C17H18F4N4O. The largest absolute Gasteiger partial charge is 0.408 e. The van der Waals surface area contributed by atoms with E-state index in [0.29, 0.717) is 22.9 Å². The standard InChI is InChI=1S/C17H18F4N4O/c1-9-6-12(9)14-7-15(25(24-14)8-17(19,20)21)23-16(26)22-11-3-4-13(18)10(2)5-11/h3-5,7,9,12H,6,8H2,1-2H3,(H2,22,23,26). The summed E-state index contributed by atoms with van der Waals surface area (Å²) in [5.74, 6) is 0.0381. The lowest BCUT2D eigenvalue weighted by molar-refractivity contribution is -0.142. The molecular weight excluding hydrogens is 352 g/mol. The number of anilines is 2. The van der Waals surface area contributed by atoms with E-state index < -0.39 is 24.6 Å². The maximum absolute atomic E-state index is 13.3. The van der Waals surface area contributed by atoms with E-state index in [1.54, 1.807) is 6.92 Å². The van der Waals surface area contributed by atoms with Gasteiger partial charge in [-0.05, 0) is 43.0 Å². The van der Waals surface area contributed by atoms with Crippen LogP contribution in [0.2, 0.25) is 0 Å². The number of amides is 2. The first-order valence-corrected chi connectivity index (χ1v) is 8.11. The third-order valence-electron chi connectivity index (χ3n) is 4.27. The van der Waals surface area contributed by atoms with Crippen molar-refractivity contribution >= 4 is 17.5 Å². The van der Waals surface area contributed by atoms with Gasteiger partial charge in [-0.1, -0.05) is 6.92 Å². The minimum absolute atomic E-state index is 0.0345. The summed E-state index contributed by atoms with van der Waals surface area (Å²) in [6, 6.07) is 4.74. The van der Waals surface area contributed by atoms with Crippen LogP contribution in [0.25, 0.3) is 0 Å². The van der Waals surface area contributed by atoms with E-state index >= 15 is 0 Å². The highest BCUT2D eigenvalue weighted by atomic mass is 19.4. The van der Waals surface area contributed by atoms with Gasteiger partial charge in [0.1, 0.15) is 18.2 Å². The lowest BCUT2D eigenvalue weighted by Gasteiger charge is -2.12. The van der Waals surface area contributed by atoms with Crippen LogP contribution >= 0.6 is 0 Å². The number of aryl methyl sites for hydroxylation is 1. The molecule has 0 spiro atoms. The lowest BCUT2D eigenvalue weighted by atomic mass is 10.2. The third kappa shape index (κ3) is 4.33. The van der Waals surface area contributed by atoms with Crippen LogP contribution in [0.1, 0.15) is 30.5 Å². The Balaban J connectivity index is 1.75. The molecule has 1 aliphatic carbocycles. The Bertz CT molecular complexity index is 831. The quantitative estimate of drug-likeness (QED) is 0.769. The second kappa shape index (κ2) is 6.62. The van der Waals surface area contributed by atoms with Gasteiger partial charge in [-0.15, -0.1) is 0 Å². The maximum Gasteiger partial charge on any atom is 0.408 e. The van der Waals surface area contributed by atoms with Crippen LogP contribution in [-0.2, 0) is 6.54 Å². The van der Waals surface area contributed by atoms with Crippen molar-refractivity contribution in [2.45, 2.75) is 38.9 Å². The SMILES string of the molecule is Cc1cc(NC(=O)Nc2cc(C3CC3C)nn2CC(F)(F)F)ccc1F. The van der Waals surface area contributed by atoms with Gasteiger partial charge in [0, 0.05) is 17.7 Å². The number of urea groups is 1. The van der Waals surface area contributed by atoms with E-state index in [1.165, 1.54) is 24.3 Å². The molecule has 1 fully saturated rings. The summed E-state index contributed by atoms with van der Waals surface area (Å²) in [7, 11) is 0. The lowest BCUT2D eigenvalue weighted by Crippen LogP contribution is -2.25. The van der Waals surface area contributed by atoms with Crippen molar-refractivity contribution in [3.05, 3.63) is 41.3 Å². The average Bonchev–Trinajstić information content (AvgIpc) is 3.12. The van der Waals surface area contributed by atoms with Crippen molar-refractivity contribution in [2.24, 2.45) is 5.92 Å². The number of halogens is 4. The Morgan fingerprint density at radius 3 is 2.58 bits per heavy atom. The van der Waals surface area contributed by atoms with Crippen molar-refractivity contribution in [3.8, 4) is 0 Å². The van der Waals surface area contributed by atoms with E-state index in [2.05, 4.69) is 15.7 Å². The summed E-state index contributed by atoms with van der Waals surface area (Å²) in [6.07, 6.45) is -3.59. The zero-order chi connectivity index (χ0) is 19.1. The second-order valence-corrected chi connectivity index (χ2v) is 6.59. The molecule has 0 bridgehead atoms. The summed E-state index contributed by atoms with van der Waals surface area (Å²) in [5.41, 5.74) is 1.21. The van der Waals surface area contributed by atoms with E-state index in [1.807, 2.05) is 6.92 Å². The molecule has 9 heteroatoms. The molecule has 1 aliphatic rings. The van der Waals surface area contributed by atoms with Crippen LogP contribution in [0, 0.1) is 18.7 Å². The Kier molecular flexibility index (Phi) is 4.64. The molecule has 140 valence electrons. The summed E-state index contributed by atoms with van der Waals surface area (Å²) in [5, 5.41) is 8.86. The van der Waals surface area contributed by atoms with Gasteiger partial charge in [-0.2, -0.15) is 18.3 Å². The summed E-state index contributed by atoms with van der Waals surface area (Å²) in [6.45, 7) is 2.24. The van der Waals surface area contributed by atoms with Gasteiger partial charge >= 0.3 is 12.2 Å². The number of carbonyl (C=O) groups is 1. The molecule has 26 heavy (non-hydrogen) atoms. The fourth-order valence-electron chi connectivity index (χ4n) is 2.74. The van der Waals surface area contributed by atoms with Gasteiger partial charge in [0.2, 0.25) is 0 Å². The minimum Gasteiger partial charge on any atom is -0.308 e. The number of carbonyl (C=O) groups excluding carboxylic acids is 1. The maximum atomic E-state index is 13.3. The van der Waals surface area contributed by atoms with Crippen molar-refractivity contribution in [2.75, 3.05) is 10.6 Å². The molecule has 2 atom stereocenters. The Labute approximate surface area is 147 Å². The highest BCUT2D eigenvalue weighted by molar-refractivity contribution is 5.99. The molecule has 0 saturated heterocycles. The molecule has 0 aliphatic heterocycles. The van der Waals surface area contributed by atoms with Crippen LogP contribution in [0.3, 0.4) is 0 Å². The molecule has 2 N–H and O–H groups in total. The van der Waals surface area contributed by atoms with Crippen LogP contribution < -0.4 is 10.6 Å². The Morgan fingerprint density at radius 2 is 2.00 bits per heavy atom. The number of rotatable bonds is 4. The van der Waals surface area contributed by atoms with Gasteiger partial charge in [0.25, 0.3) is 0 Å². The highest BCUT2D eigenvalue weighted by Gasteiger charge is 2.38. The molecule has 1 aromatic heterocycles. The first-order chi connectivity index (χ1) is 12.1. The van der Waals surface area contributed by atoms with Gasteiger partial charge < -0.3 is 5.32 Å². The molecule has 2 unspecified atom stereocenters. The molecule has 3 rings (SSSR count). The van der Waals surface area contributed by atoms with Crippen molar-refractivity contribution in [3.63, 3.8) is 0 Å². The number of hydrogen-bond donors (Lipinski definition) is 2. The van der Waals surface area contributed by atoms with Crippen molar-refractivity contribution in [1.29, 1.82) is 0 Å².